The van der Waals surface area contributed by atoms with Gasteiger partial charge in [0, 0.05) is 0 Å². The molecule has 0 saturated heterocycles. The van der Waals surface area contributed by atoms with E-state index in [2.05, 4.69) is 34.3 Å². The highest BCUT2D eigenvalue weighted by Gasteiger charge is 2.11. The van der Waals surface area contributed by atoms with Crippen LogP contribution in [0.25, 0.3) is 0 Å². The number of rotatable bonds is 8. The molecule has 0 radical (unpaired) electrons. The number of nitrogens with one attached hydrogen (secondary N) is 1. The molecule has 0 unspecified atom stereocenters. The summed E-state index contributed by atoms with van der Waals surface area (Å²) in [6, 6.07) is 0. The second-order valence-corrected chi connectivity index (χ2v) is 5.24. The van der Waals surface area contributed by atoms with Gasteiger partial charge < -0.3 is 0 Å². The van der Waals surface area contributed by atoms with Crippen LogP contribution in [0.1, 0.15) is 38.6 Å². The zero-order valence-electron chi connectivity index (χ0n) is 11.4. The summed E-state index contributed by atoms with van der Waals surface area (Å²) in [5.74, 6) is -0.00398. The molecule has 1 aromatic rings. The van der Waals surface area contributed by atoms with Crippen LogP contribution in [-0.2, 0) is 11.2 Å². The van der Waals surface area contributed by atoms with Crippen LogP contribution in [0.3, 0.4) is 0 Å². The third-order valence-corrected chi connectivity index (χ3v) is 3.45. The summed E-state index contributed by atoms with van der Waals surface area (Å²) in [6.45, 7) is 8.62. The van der Waals surface area contributed by atoms with Crippen LogP contribution in [0.2, 0.25) is 0 Å². The van der Waals surface area contributed by atoms with Gasteiger partial charge in [-0.15, -0.1) is 10.2 Å². The Morgan fingerprint density at radius 2 is 1.89 bits per heavy atom. The number of nitrogens with zero attached hydrogens (tertiary/aromatic N) is 3. The quantitative estimate of drug-likeness (QED) is 0.786. The highest BCUT2D eigenvalue weighted by Crippen LogP contribution is 2.15. The van der Waals surface area contributed by atoms with E-state index in [-0.39, 0.29) is 5.91 Å². The molecule has 18 heavy (non-hydrogen) atoms. The molecule has 1 rings (SSSR count). The van der Waals surface area contributed by atoms with Gasteiger partial charge in [-0.1, -0.05) is 32.1 Å². The largest absolute Gasteiger partial charge is 0.299 e. The average molecular weight is 270 g/mol. The summed E-state index contributed by atoms with van der Waals surface area (Å²) in [5, 5.41) is 12.3. The van der Waals surface area contributed by atoms with Gasteiger partial charge in [0.15, 0.2) is 0 Å². The van der Waals surface area contributed by atoms with E-state index in [0.717, 1.165) is 37.4 Å². The van der Waals surface area contributed by atoms with Crippen LogP contribution in [0.5, 0.6) is 0 Å². The van der Waals surface area contributed by atoms with E-state index in [0.29, 0.717) is 11.7 Å². The van der Waals surface area contributed by atoms with Gasteiger partial charge in [0.05, 0.1) is 6.54 Å². The lowest BCUT2D eigenvalue weighted by Gasteiger charge is -2.19. The van der Waals surface area contributed by atoms with Crippen molar-refractivity contribution >= 4 is 22.4 Å². The van der Waals surface area contributed by atoms with Crippen molar-refractivity contribution in [2.24, 2.45) is 0 Å². The second-order valence-electron chi connectivity index (χ2n) is 4.18. The maximum Gasteiger partial charge on any atom is 0.240 e. The van der Waals surface area contributed by atoms with Crippen LogP contribution < -0.4 is 5.32 Å². The molecule has 5 nitrogen and oxygen atoms in total. The minimum atomic E-state index is -0.00398. The molecule has 0 aliphatic heterocycles. The zero-order chi connectivity index (χ0) is 13.4. The smallest absolute Gasteiger partial charge is 0.240 e. The standard InChI is InChI=1S/C12H22N4OS/c1-4-7-16(8-5-2)9-10(17)13-12-15-14-11(6-3)18-12/h4-9H2,1-3H3,(H,13,15,17). The minimum Gasteiger partial charge on any atom is -0.299 e. The molecular formula is C12H22N4OS. The SMILES string of the molecule is CCCN(CCC)CC(=O)Nc1nnc(CC)s1. The molecule has 1 amide bonds. The number of carbonyl (C=O) groups is 1. The molecule has 6 heteroatoms. The van der Waals surface area contributed by atoms with Gasteiger partial charge in [0.1, 0.15) is 5.01 Å². The topological polar surface area (TPSA) is 58.1 Å². The number of hydrogen-bond donors (Lipinski definition) is 1. The van der Waals surface area contributed by atoms with E-state index in [1.165, 1.54) is 11.3 Å². The number of hydrogen-bond acceptors (Lipinski definition) is 5. The number of anilines is 1. The zero-order valence-corrected chi connectivity index (χ0v) is 12.2. The van der Waals surface area contributed by atoms with Crippen molar-refractivity contribution in [3.8, 4) is 0 Å². The molecule has 0 aliphatic carbocycles. The van der Waals surface area contributed by atoms with E-state index >= 15 is 0 Å². The fourth-order valence-corrected chi connectivity index (χ4v) is 2.41. The van der Waals surface area contributed by atoms with E-state index < -0.39 is 0 Å². The molecule has 0 bridgehead atoms. The molecule has 0 aliphatic rings. The number of carbonyl (C=O) groups excluding carboxylic acids is 1. The highest BCUT2D eigenvalue weighted by molar-refractivity contribution is 7.15. The van der Waals surface area contributed by atoms with Crippen LogP contribution in [0, 0.1) is 0 Å². The highest BCUT2D eigenvalue weighted by atomic mass is 32.1. The van der Waals surface area contributed by atoms with Crippen LogP contribution in [-0.4, -0.2) is 40.6 Å². The van der Waals surface area contributed by atoms with E-state index in [4.69, 9.17) is 0 Å². The van der Waals surface area contributed by atoms with Crippen molar-refractivity contribution in [1.82, 2.24) is 15.1 Å². The molecule has 0 aromatic carbocycles. The van der Waals surface area contributed by atoms with Gasteiger partial charge in [0.25, 0.3) is 0 Å². The Bertz CT molecular complexity index is 361. The molecule has 0 atom stereocenters. The molecule has 1 aromatic heterocycles. The number of aryl methyl sites for hydroxylation is 1. The lowest BCUT2D eigenvalue weighted by Crippen LogP contribution is -2.34. The van der Waals surface area contributed by atoms with Crippen LogP contribution in [0.15, 0.2) is 0 Å². The molecule has 1 N–H and O–H groups in total. The Morgan fingerprint density at radius 1 is 1.22 bits per heavy atom. The number of aromatic nitrogens is 2. The van der Waals surface area contributed by atoms with Gasteiger partial charge in [0.2, 0.25) is 11.0 Å². The fraction of sp³-hybridized carbons (Fsp3) is 0.750. The Labute approximate surface area is 113 Å². The first kappa shape index (κ1) is 15.0. The first-order valence-electron chi connectivity index (χ1n) is 6.54. The Hall–Kier alpha value is -1.01. The van der Waals surface area contributed by atoms with Gasteiger partial charge >= 0.3 is 0 Å². The predicted octanol–water partition coefficient (Wildman–Crippen LogP) is 2.16. The lowest BCUT2D eigenvalue weighted by atomic mass is 10.3. The molecule has 1 heterocycles. The van der Waals surface area contributed by atoms with Gasteiger partial charge in [-0.2, -0.15) is 0 Å². The Morgan fingerprint density at radius 3 is 2.39 bits per heavy atom. The third kappa shape index (κ3) is 5.10. The number of amides is 1. The minimum absolute atomic E-state index is 0.00398. The lowest BCUT2D eigenvalue weighted by molar-refractivity contribution is -0.117. The maximum atomic E-state index is 11.9. The summed E-state index contributed by atoms with van der Waals surface area (Å²) in [7, 11) is 0. The summed E-state index contributed by atoms with van der Waals surface area (Å²) >= 11 is 1.44. The molecule has 0 fully saturated rings. The Kier molecular flexibility index (Phi) is 6.82. The third-order valence-electron chi connectivity index (χ3n) is 2.46. The Balaban J connectivity index is 2.43. The molecule has 0 spiro atoms. The molecule has 102 valence electrons. The first-order valence-corrected chi connectivity index (χ1v) is 7.35. The van der Waals surface area contributed by atoms with E-state index in [9.17, 15) is 4.79 Å². The van der Waals surface area contributed by atoms with Gasteiger partial charge in [-0.05, 0) is 32.4 Å². The van der Waals surface area contributed by atoms with Gasteiger partial charge in [-0.3, -0.25) is 15.0 Å². The monoisotopic (exact) mass is 270 g/mol. The molecule has 0 saturated carbocycles. The van der Waals surface area contributed by atoms with E-state index in [1.54, 1.807) is 0 Å². The summed E-state index contributed by atoms with van der Waals surface area (Å²) < 4.78 is 0. The van der Waals surface area contributed by atoms with Gasteiger partial charge in [-0.25, -0.2) is 0 Å². The van der Waals surface area contributed by atoms with Crippen LogP contribution >= 0.6 is 11.3 Å². The van der Waals surface area contributed by atoms with Crippen molar-refractivity contribution < 1.29 is 4.79 Å². The molecular weight excluding hydrogens is 248 g/mol. The van der Waals surface area contributed by atoms with Crippen molar-refractivity contribution in [3.05, 3.63) is 5.01 Å². The van der Waals surface area contributed by atoms with Crippen LogP contribution in [0.4, 0.5) is 5.13 Å². The van der Waals surface area contributed by atoms with Crippen molar-refractivity contribution in [1.29, 1.82) is 0 Å². The average Bonchev–Trinajstić information content (AvgIpc) is 2.77. The van der Waals surface area contributed by atoms with Crippen molar-refractivity contribution in [2.75, 3.05) is 25.0 Å². The normalized spacial score (nSPS) is 10.9. The van der Waals surface area contributed by atoms with Crippen molar-refractivity contribution in [2.45, 2.75) is 40.0 Å². The predicted molar refractivity (Wildman–Crippen MR) is 74.9 cm³/mol. The maximum absolute atomic E-state index is 11.9. The second kappa shape index (κ2) is 8.16. The fourth-order valence-electron chi connectivity index (χ4n) is 1.71. The summed E-state index contributed by atoms with van der Waals surface area (Å²) in [4.78, 5) is 14.0. The summed E-state index contributed by atoms with van der Waals surface area (Å²) in [6.07, 6.45) is 2.98. The van der Waals surface area contributed by atoms with E-state index in [1.807, 2.05) is 6.92 Å². The van der Waals surface area contributed by atoms with Crippen molar-refractivity contribution in [3.63, 3.8) is 0 Å². The summed E-state index contributed by atoms with van der Waals surface area (Å²) in [5.41, 5.74) is 0. The first-order chi connectivity index (χ1) is 8.69.